The highest BCUT2D eigenvalue weighted by molar-refractivity contribution is 6.31. The lowest BCUT2D eigenvalue weighted by Crippen LogP contribution is -2.13. The third kappa shape index (κ3) is 3.50. The van der Waals surface area contributed by atoms with Crippen molar-refractivity contribution < 1.29 is 0 Å². The molecule has 1 aromatic carbocycles. The maximum Gasteiger partial charge on any atom is 0.0579 e. The Morgan fingerprint density at radius 1 is 1.38 bits per heavy atom. The van der Waals surface area contributed by atoms with Gasteiger partial charge in [0.2, 0.25) is 0 Å². The SMILES string of the molecule is CC#CCNCc1ccccc1Cl. The summed E-state index contributed by atoms with van der Waals surface area (Å²) in [5.74, 6) is 5.76. The molecule has 0 saturated heterocycles. The predicted octanol–water partition coefficient (Wildman–Crippen LogP) is 2.45. The Morgan fingerprint density at radius 3 is 2.85 bits per heavy atom. The van der Waals surface area contributed by atoms with E-state index in [1.165, 1.54) is 0 Å². The Bertz CT molecular complexity index is 322. The molecule has 0 saturated carbocycles. The van der Waals surface area contributed by atoms with Gasteiger partial charge in [-0.05, 0) is 18.6 Å². The van der Waals surface area contributed by atoms with Gasteiger partial charge in [-0.15, -0.1) is 5.92 Å². The molecule has 0 aliphatic carbocycles. The number of halogens is 1. The Kier molecular flexibility index (Phi) is 4.39. The highest BCUT2D eigenvalue weighted by Crippen LogP contribution is 2.13. The van der Waals surface area contributed by atoms with Crippen LogP contribution in [0.15, 0.2) is 24.3 Å². The van der Waals surface area contributed by atoms with E-state index < -0.39 is 0 Å². The van der Waals surface area contributed by atoms with Gasteiger partial charge in [0.25, 0.3) is 0 Å². The van der Waals surface area contributed by atoms with E-state index in [1.54, 1.807) is 0 Å². The molecule has 1 aromatic rings. The molecule has 0 unspecified atom stereocenters. The molecule has 0 heterocycles. The highest BCUT2D eigenvalue weighted by Gasteiger charge is 1.95. The van der Waals surface area contributed by atoms with Crippen LogP contribution in [0.1, 0.15) is 12.5 Å². The molecule has 0 fully saturated rings. The van der Waals surface area contributed by atoms with Crippen molar-refractivity contribution in [3.8, 4) is 11.8 Å². The van der Waals surface area contributed by atoms with Crippen LogP contribution < -0.4 is 5.32 Å². The molecule has 1 N–H and O–H groups in total. The summed E-state index contributed by atoms with van der Waals surface area (Å²) in [6.45, 7) is 3.31. The molecule has 0 aliphatic rings. The molecule has 0 spiro atoms. The van der Waals surface area contributed by atoms with Crippen LogP contribution in [0.2, 0.25) is 5.02 Å². The van der Waals surface area contributed by atoms with Gasteiger partial charge in [-0.3, -0.25) is 0 Å². The number of rotatable bonds is 3. The van der Waals surface area contributed by atoms with E-state index in [9.17, 15) is 0 Å². The zero-order valence-corrected chi connectivity index (χ0v) is 8.36. The number of nitrogens with one attached hydrogen (secondary N) is 1. The van der Waals surface area contributed by atoms with Crippen molar-refractivity contribution in [1.29, 1.82) is 0 Å². The Balaban J connectivity index is 2.44. The fourth-order valence-corrected chi connectivity index (χ4v) is 1.19. The lowest BCUT2D eigenvalue weighted by Gasteiger charge is -2.02. The van der Waals surface area contributed by atoms with Crippen LogP contribution in [0.25, 0.3) is 0 Å². The Morgan fingerprint density at radius 2 is 2.15 bits per heavy atom. The van der Waals surface area contributed by atoms with Gasteiger partial charge in [0.1, 0.15) is 0 Å². The molecule has 0 amide bonds. The fourth-order valence-electron chi connectivity index (χ4n) is 0.990. The number of hydrogen-bond donors (Lipinski definition) is 1. The first-order valence-electron chi connectivity index (χ1n) is 4.18. The van der Waals surface area contributed by atoms with Crippen LogP contribution in [0.3, 0.4) is 0 Å². The fraction of sp³-hybridized carbons (Fsp3) is 0.273. The van der Waals surface area contributed by atoms with Crippen molar-refractivity contribution in [2.24, 2.45) is 0 Å². The third-order valence-corrected chi connectivity index (χ3v) is 2.03. The van der Waals surface area contributed by atoms with Crippen LogP contribution in [-0.4, -0.2) is 6.54 Å². The maximum atomic E-state index is 5.96. The summed E-state index contributed by atoms with van der Waals surface area (Å²) in [7, 11) is 0. The van der Waals surface area contributed by atoms with Crippen molar-refractivity contribution in [2.75, 3.05) is 6.54 Å². The average molecular weight is 194 g/mol. The van der Waals surface area contributed by atoms with Crippen molar-refractivity contribution in [2.45, 2.75) is 13.5 Å². The summed E-state index contributed by atoms with van der Waals surface area (Å²) in [6, 6.07) is 7.81. The first-order chi connectivity index (χ1) is 6.34. The van der Waals surface area contributed by atoms with Crippen LogP contribution in [0.4, 0.5) is 0 Å². The van der Waals surface area contributed by atoms with Gasteiger partial charge in [0, 0.05) is 11.6 Å². The van der Waals surface area contributed by atoms with Gasteiger partial charge < -0.3 is 5.32 Å². The van der Waals surface area contributed by atoms with E-state index in [2.05, 4.69) is 17.2 Å². The summed E-state index contributed by atoms with van der Waals surface area (Å²) in [4.78, 5) is 0. The zero-order chi connectivity index (χ0) is 9.52. The molecule has 0 aromatic heterocycles. The summed E-state index contributed by atoms with van der Waals surface area (Å²) in [6.07, 6.45) is 0. The molecule has 0 aliphatic heterocycles. The second-order valence-electron chi connectivity index (χ2n) is 2.62. The minimum atomic E-state index is 0.710. The molecular weight excluding hydrogens is 182 g/mol. The molecule has 1 nitrogen and oxygen atoms in total. The molecule has 0 radical (unpaired) electrons. The second-order valence-corrected chi connectivity index (χ2v) is 3.03. The maximum absolute atomic E-state index is 5.96. The van der Waals surface area contributed by atoms with E-state index in [-0.39, 0.29) is 0 Å². The smallest absolute Gasteiger partial charge is 0.0579 e. The summed E-state index contributed by atoms with van der Waals surface area (Å²) >= 11 is 5.96. The number of benzene rings is 1. The molecule has 2 heteroatoms. The topological polar surface area (TPSA) is 12.0 Å². The first kappa shape index (κ1) is 10.1. The van der Waals surface area contributed by atoms with E-state index in [0.717, 1.165) is 17.1 Å². The Labute approximate surface area is 84.1 Å². The van der Waals surface area contributed by atoms with Crippen molar-refractivity contribution >= 4 is 11.6 Å². The van der Waals surface area contributed by atoms with Crippen LogP contribution >= 0.6 is 11.6 Å². The molecule has 13 heavy (non-hydrogen) atoms. The van der Waals surface area contributed by atoms with E-state index in [0.29, 0.717) is 6.54 Å². The summed E-state index contributed by atoms with van der Waals surface area (Å²) in [5.41, 5.74) is 1.11. The predicted molar refractivity (Wildman–Crippen MR) is 56.6 cm³/mol. The first-order valence-corrected chi connectivity index (χ1v) is 4.56. The van der Waals surface area contributed by atoms with E-state index >= 15 is 0 Å². The summed E-state index contributed by atoms with van der Waals surface area (Å²) < 4.78 is 0. The van der Waals surface area contributed by atoms with E-state index in [1.807, 2.05) is 31.2 Å². The lowest BCUT2D eigenvalue weighted by molar-refractivity contribution is 0.770. The van der Waals surface area contributed by atoms with Gasteiger partial charge in [-0.25, -0.2) is 0 Å². The molecule has 0 atom stereocenters. The quantitative estimate of drug-likeness (QED) is 0.575. The van der Waals surface area contributed by atoms with Gasteiger partial charge in [-0.2, -0.15) is 0 Å². The molecule has 1 rings (SSSR count). The summed E-state index contributed by atoms with van der Waals surface area (Å²) in [5, 5.41) is 3.99. The van der Waals surface area contributed by atoms with Gasteiger partial charge in [-0.1, -0.05) is 35.7 Å². The van der Waals surface area contributed by atoms with Crippen molar-refractivity contribution in [1.82, 2.24) is 5.32 Å². The van der Waals surface area contributed by atoms with Gasteiger partial charge >= 0.3 is 0 Å². The monoisotopic (exact) mass is 193 g/mol. The van der Waals surface area contributed by atoms with E-state index in [4.69, 9.17) is 11.6 Å². The molecule has 0 bridgehead atoms. The van der Waals surface area contributed by atoms with Gasteiger partial charge in [0.05, 0.1) is 6.54 Å². The van der Waals surface area contributed by atoms with Crippen LogP contribution in [0, 0.1) is 11.8 Å². The minimum Gasteiger partial charge on any atom is -0.302 e. The van der Waals surface area contributed by atoms with Crippen LogP contribution in [-0.2, 0) is 6.54 Å². The van der Waals surface area contributed by atoms with Crippen LogP contribution in [0.5, 0.6) is 0 Å². The van der Waals surface area contributed by atoms with Crippen molar-refractivity contribution in [3.05, 3.63) is 34.9 Å². The lowest BCUT2D eigenvalue weighted by atomic mass is 10.2. The molecule has 68 valence electrons. The van der Waals surface area contributed by atoms with Crippen molar-refractivity contribution in [3.63, 3.8) is 0 Å². The normalized spacial score (nSPS) is 9.08. The molecular formula is C11H12ClN. The standard InChI is InChI=1S/C11H12ClN/c1-2-3-8-13-9-10-6-4-5-7-11(10)12/h4-7,13H,8-9H2,1H3. The average Bonchev–Trinajstić information content (AvgIpc) is 2.15. The zero-order valence-electron chi connectivity index (χ0n) is 7.60. The second kappa shape index (κ2) is 5.64. The third-order valence-electron chi connectivity index (χ3n) is 1.66. The minimum absolute atomic E-state index is 0.710. The largest absolute Gasteiger partial charge is 0.302 e. The van der Waals surface area contributed by atoms with Gasteiger partial charge in [0.15, 0.2) is 0 Å². The Hall–Kier alpha value is -0.970. The number of hydrogen-bond acceptors (Lipinski definition) is 1. The highest BCUT2D eigenvalue weighted by atomic mass is 35.5.